The second-order valence-corrected chi connectivity index (χ2v) is 8.82. The summed E-state index contributed by atoms with van der Waals surface area (Å²) in [6.07, 6.45) is -0.653. The van der Waals surface area contributed by atoms with Crippen LogP contribution >= 0.6 is 11.6 Å². The van der Waals surface area contributed by atoms with Gasteiger partial charge in [-0.15, -0.1) is 11.6 Å². The molecule has 0 heterocycles. The van der Waals surface area contributed by atoms with Gasteiger partial charge in [0.1, 0.15) is 12.6 Å². The lowest BCUT2D eigenvalue weighted by atomic mass is 10.2. The fraction of sp³-hybridized carbons (Fsp3) is 0.647. The molecule has 0 spiro atoms. The maximum Gasteiger partial charge on any atom is 0.347 e. The summed E-state index contributed by atoms with van der Waals surface area (Å²) >= 11 is 6.07. The van der Waals surface area contributed by atoms with Crippen molar-refractivity contribution in [3.05, 3.63) is 35.9 Å². The van der Waals surface area contributed by atoms with Gasteiger partial charge >= 0.3 is 8.56 Å². The van der Waals surface area contributed by atoms with Gasteiger partial charge in [0.15, 0.2) is 0 Å². The maximum atomic E-state index is 6.27. The molecule has 1 aromatic carbocycles. The van der Waals surface area contributed by atoms with Crippen molar-refractivity contribution in [3.8, 4) is 0 Å². The molecule has 0 fully saturated rings. The standard InChI is InChI=1S/C17H29ClO4Si/c1-5-19-15(3)21-23(13-12-18,22-16(4)20-6-2)14-17-10-8-7-9-11-17/h7-11,15-16H,5-6,12-14H2,1-4H3. The first-order valence-corrected chi connectivity index (χ1v) is 11.0. The van der Waals surface area contributed by atoms with E-state index in [4.69, 9.17) is 29.9 Å². The van der Waals surface area contributed by atoms with E-state index in [1.54, 1.807) is 0 Å². The van der Waals surface area contributed by atoms with Gasteiger partial charge in [-0.3, -0.25) is 0 Å². The average Bonchev–Trinajstić information content (AvgIpc) is 2.48. The molecule has 0 radical (unpaired) electrons. The third-order valence-electron chi connectivity index (χ3n) is 3.36. The Morgan fingerprint density at radius 1 is 0.957 bits per heavy atom. The van der Waals surface area contributed by atoms with Crippen molar-refractivity contribution in [1.29, 1.82) is 0 Å². The fourth-order valence-electron chi connectivity index (χ4n) is 2.51. The van der Waals surface area contributed by atoms with Gasteiger partial charge < -0.3 is 18.3 Å². The monoisotopic (exact) mass is 360 g/mol. The molecule has 0 aliphatic heterocycles. The van der Waals surface area contributed by atoms with Gasteiger partial charge in [-0.05, 0) is 33.3 Å². The second kappa shape index (κ2) is 11.2. The second-order valence-electron chi connectivity index (χ2n) is 5.29. The highest BCUT2D eigenvalue weighted by atomic mass is 35.5. The Morgan fingerprint density at radius 3 is 1.91 bits per heavy atom. The first-order chi connectivity index (χ1) is 11.0. The molecular weight excluding hydrogens is 332 g/mol. The van der Waals surface area contributed by atoms with Crippen LogP contribution in [0.1, 0.15) is 33.3 Å². The van der Waals surface area contributed by atoms with E-state index in [1.807, 2.05) is 45.9 Å². The summed E-state index contributed by atoms with van der Waals surface area (Å²) < 4.78 is 23.7. The molecule has 0 amide bonds. The van der Waals surface area contributed by atoms with Crippen LogP contribution in [-0.2, 0) is 24.4 Å². The maximum absolute atomic E-state index is 6.27. The van der Waals surface area contributed by atoms with Crippen LogP contribution < -0.4 is 0 Å². The van der Waals surface area contributed by atoms with Crippen LogP contribution in [0.25, 0.3) is 0 Å². The number of ether oxygens (including phenoxy) is 2. The van der Waals surface area contributed by atoms with E-state index in [-0.39, 0.29) is 12.6 Å². The number of hydrogen-bond donors (Lipinski definition) is 0. The highest BCUT2D eigenvalue weighted by Gasteiger charge is 2.41. The zero-order chi connectivity index (χ0) is 17.1. The Balaban J connectivity index is 2.96. The van der Waals surface area contributed by atoms with E-state index >= 15 is 0 Å². The van der Waals surface area contributed by atoms with Crippen LogP contribution in [0, 0.1) is 0 Å². The average molecular weight is 361 g/mol. The summed E-state index contributed by atoms with van der Waals surface area (Å²) in [5, 5.41) is 0. The molecule has 2 atom stereocenters. The molecule has 2 unspecified atom stereocenters. The van der Waals surface area contributed by atoms with Gasteiger partial charge in [-0.25, -0.2) is 0 Å². The minimum absolute atomic E-state index is 0.326. The summed E-state index contributed by atoms with van der Waals surface area (Å²) in [4.78, 5) is 0. The quantitative estimate of drug-likeness (QED) is 0.317. The molecule has 0 aliphatic carbocycles. The van der Waals surface area contributed by atoms with Crippen molar-refractivity contribution in [3.63, 3.8) is 0 Å². The van der Waals surface area contributed by atoms with E-state index < -0.39 is 8.56 Å². The van der Waals surface area contributed by atoms with Crippen molar-refractivity contribution in [1.82, 2.24) is 0 Å². The molecule has 4 nitrogen and oxygen atoms in total. The number of halogens is 1. The van der Waals surface area contributed by atoms with Crippen molar-refractivity contribution in [2.45, 2.75) is 52.4 Å². The Hall–Kier alpha value is -0.433. The van der Waals surface area contributed by atoms with Crippen LogP contribution in [0.3, 0.4) is 0 Å². The minimum atomic E-state index is -2.62. The van der Waals surface area contributed by atoms with Crippen LogP contribution in [0.15, 0.2) is 30.3 Å². The number of benzene rings is 1. The molecule has 132 valence electrons. The molecule has 1 rings (SSSR count). The van der Waals surface area contributed by atoms with Gasteiger partial charge in [0.25, 0.3) is 0 Å². The predicted molar refractivity (Wildman–Crippen MR) is 95.8 cm³/mol. The molecule has 0 N–H and O–H groups in total. The Labute approximate surface area is 146 Å². The topological polar surface area (TPSA) is 36.9 Å². The third kappa shape index (κ3) is 7.79. The summed E-state index contributed by atoms with van der Waals surface area (Å²) in [5.41, 5.74) is 1.18. The largest absolute Gasteiger partial charge is 0.367 e. The first kappa shape index (κ1) is 20.6. The van der Waals surface area contributed by atoms with Gasteiger partial charge in [0, 0.05) is 31.2 Å². The van der Waals surface area contributed by atoms with E-state index in [1.165, 1.54) is 5.56 Å². The van der Waals surface area contributed by atoms with Crippen LogP contribution in [-0.4, -0.2) is 40.2 Å². The molecule has 0 saturated heterocycles. The Bertz CT molecular complexity index is 404. The lowest BCUT2D eigenvalue weighted by Crippen LogP contribution is -2.50. The van der Waals surface area contributed by atoms with Gasteiger partial charge in [0.2, 0.25) is 0 Å². The predicted octanol–water partition coefficient (Wildman–Crippen LogP) is 4.25. The normalized spacial score (nSPS) is 16.7. The molecule has 23 heavy (non-hydrogen) atoms. The molecule has 6 heteroatoms. The van der Waals surface area contributed by atoms with Crippen molar-refractivity contribution in [2.75, 3.05) is 19.1 Å². The Morgan fingerprint density at radius 2 is 1.48 bits per heavy atom. The number of rotatable bonds is 12. The molecule has 0 saturated carbocycles. The lowest BCUT2D eigenvalue weighted by molar-refractivity contribution is -0.121. The molecule has 1 aromatic rings. The summed E-state index contributed by atoms with van der Waals surface area (Å²) in [6, 6.07) is 11.6. The third-order valence-corrected chi connectivity index (χ3v) is 7.34. The number of hydrogen-bond acceptors (Lipinski definition) is 4. The summed E-state index contributed by atoms with van der Waals surface area (Å²) in [6.45, 7) is 8.90. The SMILES string of the molecule is CCOC(C)O[Si](CCCl)(Cc1ccccc1)OC(C)OCC. The zero-order valence-electron chi connectivity index (χ0n) is 14.6. The molecular formula is C17H29ClO4Si. The van der Waals surface area contributed by atoms with Crippen LogP contribution in [0.2, 0.25) is 6.04 Å². The van der Waals surface area contributed by atoms with Crippen molar-refractivity contribution in [2.24, 2.45) is 0 Å². The highest BCUT2D eigenvalue weighted by molar-refractivity contribution is 6.67. The highest BCUT2D eigenvalue weighted by Crippen LogP contribution is 2.25. The van der Waals surface area contributed by atoms with Gasteiger partial charge in [-0.1, -0.05) is 30.3 Å². The Kier molecular flexibility index (Phi) is 10.0. The smallest absolute Gasteiger partial charge is 0.347 e. The zero-order valence-corrected chi connectivity index (χ0v) is 16.3. The van der Waals surface area contributed by atoms with Crippen LogP contribution in [0.5, 0.6) is 0 Å². The summed E-state index contributed by atoms with van der Waals surface area (Å²) in [7, 11) is -2.62. The molecule has 0 bridgehead atoms. The molecule has 0 aromatic heterocycles. The number of alkyl halides is 1. The summed E-state index contributed by atoms with van der Waals surface area (Å²) in [5.74, 6) is 0.483. The van der Waals surface area contributed by atoms with Gasteiger partial charge in [-0.2, -0.15) is 0 Å². The minimum Gasteiger partial charge on any atom is -0.367 e. The first-order valence-electron chi connectivity index (χ1n) is 8.24. The van der Waals surface area contributed by atoms with E-state index in [2.05, 4.69) is 12.1 Å². The van der Waals surface area contributed by atoms with Crippen molar-refractivity contribution < 1.29 is 18.3 Å². The van der Waals surface area contributed by atoms with Crippen molar-refractivity contribution >= 4 is 20.2 Å². The van der Waals surface area contributed by atoms with E-state index in [0.717, 1.165) is 6.04 Å². The lowest BCUT2D eigenvalue weighted by Gasteiger charge is -2.35. The van der Waals surface area contributed by atoms with E-state index in [9.17, 15) is 0 Å². The molecule has 0 aliphatic rings. The van der Waals surface area contributed by atoms with Crippen LogP contribution in [0.4, 0.5) is 0 Å². The van der Waals surface area contributed by atoms with Gasteiger partial charge in [0.05, 0.1) is 0 Å². The fourth-order valence-corrected chi connectivity index (χ4v) is 6.50. The van der Waals surface area contributed by atoms with E-state index in [0.29, 0.717) is 25.1 Å².